The van der Waals surface area contributed by atoms with Crippen LogP contribution in [0.4, 0.5) is 0 Å². The highest BCUT2D eigenvalue weighted by Crippen LogP contribution is 2.15. The van der Waals surface area contributed by atoms with Gasteiger partial charge in [0.15, 0.2) is 6.10 Å². The predicted octanol–water partition coefficient (Wildman–Crippen LogP) is 13.2. The third-order valence-corrected chi connectivity index (χ3v) is 8.83. The van der Waals surface area contributed by atoms with Gasteiger partial charge in [0.1, 0.15) is 6.61 Å². The van der Waals surface area contributed by atoms with E-state index in [1.165, 1.54) is 89.9 Å². The molecule has 0 heterocycles. The van der Waals surface area contributed by atoms with Gasteiger partial charge >= 0.3 is 11.9 Å². The summed E-state index contributed by atoms with van der Waals surface area (Å²) in [4.78, 5) is 24.3. The number of hydrogen-bond donors (Lipinski definition) is 1. The summed E-state index contributed by atoms with van der Waals surface area (Å²) in [6.45, 7) is 4.00. The lowest BCUT2D eigenvalue weighted by Crippen LogP contribution is -2.28. The number of aliphatic hydroxyl groups is 1. The minimum atomic E-state index is -0.789. The Hall–Kier alpha value is -2.40. The first-order chi connectivity index (χ1) is 24.6. The summed E-state index contributed by atoms with van der Waals surface area (Å²) in [5.41, 5.74) is 0. The van der Waals surface area contributed by atoms with E-state index in [0.717, 1.165) is 77.0 Å². The van der Waals surface area contributed by atoms with Gasteiger partial charge in [-0.05, 0) is 57.8 Å². The van der Waals surface area contributed by atoms with Crippen molar-refractivity contribution < 1.29 is 24.2 Å². The van der Waals surface area contributed by atoms with E-state index in [-0.39, 0.29) is 25.2 Å². The summed E-state index contributed by atoms with van der Waals surface area (Å²) in [5.74, 6) is -0.626. The lowest BCUT2D eigenvalue weighted by molar-refractivity contribution is -0.161. The van der Waals surface area contributed by atoms with E-state index < -0.39 is 6.10 Å². The van der Waals surface area contributed by atoms with E-state index in [1.54, 1.807) is 0 Å². The average molecular weight is 699 g/mol. The third-order valence-electron chi connectivity index (χ3n) is 8.83. The Morgan fingerprint density at radius 3 is 1.30 bits per heavy atom. The number of esters is 2. The smallest absolute Gasteiger partial charge is 0.306 e. The van der Waals surface area contributed by atoms with Crippen molar-refractivity contribution in [3.05, 3.63) is 60.8 Å². The van der Waals surface area contributed by atoms with Gasteiger partial charge in [-0.3, -0.25) is 9.59 Å². The van der Waals surface area contributed by atoms with Crippen LogP contribution in [-0.2, 0) is 19.1 Å². The zero-order chi connectivity index (χ0) is 36.4. The van der Waals surface area contributed by atoms with Crippen molar-refractivity contribution in [2.24, 2.45) is 0 Å². The van der Waals surface area contributed by atoms with E-state index in [4.69, 9.17) is 9.47 Å². The molecule has 288 valence electrons. The fourth-order valence-electron chi connectivity index (χ4n) is 5.70. The van der Waals surface area contributed by atoms with Crippen molar-refractivity contribution in [2.45, 2.75) is 200 Å². The van der Waals surface area contributed by atoms with Crippen LogP contribution in [0.3, 0.4) is 0 Å². The van der Waals surface area contributed by atoms with Crippen LogP contribution in [0.2, 0.25) is 0 Å². The highest BCUT2D eigenvalue weighted by atomic mass is 16.6. The molecular weight excluding hydrogens is 620 g/mol. The number of aliphatic hydroxyl groups excluding tert-OH is 1. The molecule has 0 aromatic rings. The van der Waals surface area contributed by atoms with E-state index >= 15 is 0 Å². The summed E-state index contributed by atoms with van der Waals surface area (Å²) in [5, 5.41) is 9.57. The standard InChI is InChI=1S/C45H78O5/c1-3-5-7-9-11-13-15-17-19-21-22-24-26-28-30-32-34-36-38-40-45(48)50-43(41-46)42-49-44(47)39-37-35-33-31-29-27-25-23-20-18-16-14-12-10-8-6-4-2/h5,7,11,13,17,19,22,24,28,30,43,46H,3-4,6,8-10,12,14-16,18,20-21,23,25-27,29,31-42H2,1-2H3. The van der Waals surface area contributed by atoms with Crippen LogP contribution in [0.15, 0.2) is 60.8 Å². The highest BCUT2D eigenvalue weighted by Gasteiger charge is 2.16. The van der Waals surface area contributed by atoms with Gasteiger partial charge in [-0.2, -0.15) is 0 Å². The zero-order valence-electron chi connectivity index (χ0n) is 32.6. The molecule has 1 atom stereocenters. The molecule has 5 nitrogen and oxygen atoms in total. The molecule has 5 heteroatoms. The van der Waals surface area contributed by atoms with Crippen LogP contribution in [-0.4, -0.2) is 36.4 Å². The Bertz CT molecular complexity index is 884. The Balaban J connectivity index is 3.61. The van der Waals surface area contributed by atoms with Crippen LogP contribution in [0.25, 0.3) is 0 Å². The minimum absolute atomic E-state index is 0.0793. The van der Waals surface area contributed by atoms with Gasteiger partial charge in [0.25, 0.3) is 0 Å². The zero-order valence-corrected chi connectivity index (χ0v) is 32.6. The molecule has 0 fully saturated rings. The van der Waals surface area contributed by atoms with Gasteiger partial charge in [-0.15, -0.1) is 0 Å². The van der Waals surface area contributed by atoms with Gasteiger partial charge < -0.3 is 14.6 Å². The monoisotopic (exact) mass is 699 g/mol. The quantitative estimate of drug-likeness (QED) is 0.0397. The normalized spacial score (nSPS) is 12.8. The van der Waals surface area contributed by atoms with Crippen LogP contribution in [0.5, 0.6) is 0 Å². The molecule has 0 radical (unpaired) electrons. The molecule has 0 aliphatic rings. The van der Waals surface area contributed by atoms with Gasteiger partial charge in [0, 0.05) is 12.8 Å². The van der Waals surface area contributed by atoms with Gasteiger partial charge in [-0.1, -0.05) is 184 Å². The summed E-state index contributed by atoms with van der Waals surface area (Å²) in [7, 11) is 0. The molecule has 50 heavy (non-hydrogen) atoms. The van der Waals surface area contributed by atoms with Gasteiger partial charge in [0.2, 0.25) is 0 Å². The second-order valence-corrected chi connectivity index (χ2v) is 13.7. The molecular formula is C45H78O5. The molecule has 0 aromatic heterocycles. The van der Waals surface area contributed by atoms with E-state index in [9.17, 15) is 14.7 Å². The van der Waals surface area contributed by atoms with Crippen molar-refractivity contribution in [2.75, 3.05) is 13.2 Å². The first-order valence-corrected chi connectivity index (χ1v) is 20.8. The molecule has 0 saturated heterocycles. The maximum Gasteiger partial charge on any atom is 0.306 e. The molecule has 1 unspecified atom stereocenters. The Kier molecular flexibility index (Phi) is 39.1. The Morgan fingerprint density at radius 1 is 0.480 bits per heavy atom. The van der Waals surface area contributed by atoms with Crippen molar-refractivity contribution in [3.8, 4) is 0 Å². The fourth-order valence-corrected chi connectivity index (χ4v) is 5.70. The molecule has 0 spiro atoms. The summed E-state index contributed by atoms with van der Waals surface area (Å²) in [6.07, 6.45) is 52.8. The molecule has 0 bridgehead atoms. The average Bonchev–Trinajstić information content (AvgIpc) is 3.12. The second kappa shape index (κ2) is 41.0. The number of hydrogen-bond acceptors (Lipinski definition) is 5. The number of allylic oxidation sites excluding steroid dienone is 10. The van der Waals surface area contributed by atoms with Crippen LogP contribution < -0.4 is 0 Å². The first kappa shape index (κ1) is 47.6. The van der Waals surface area contributed by atoms with Gasteiger partial charge in [-0.25, -0.2) is 0 Å². The molecule has 0 amide bonds. The number of carbonyl (C=O) groups is 2. The molecule has 0 saturated carbocycles. The maximum atomic E-state index is 12.2. The summed E-state index contributed by atoms with van der Waals surface area (Å²) >= 11 is 0. The SMILES string of the molecule is CCC=CCC=CCC=CCC=CCC=CCCCCCC(=O)OC(CO)COC(=O)CCCCCCCCCCCCCCCCCCC. The second-order valence-electron chi connectivity index (χ2n) is 13.7. The number of unbranched alkanes of at least 4 members (excludes halogenated alkanes) is 19. The van der Waals surface area contributed by atoms with Crippen molar-refractivity contribution >= 4 is 11.9 Å². The van der Waals surface area contributed by atoms with Crippen LogP contribution in [0, 0.1) is 0 Å². The third kappa shape index (κ3) is 38.4. The largest absolute Gasteiger partial charge is 0.462 e. The molecule has 0 aromatic carbocycles. The molecule has 0 aliphatic heterocycles. The summed E-state index contributed by atoms with van der Waals surface area (Å²) < 4.78 is 10.6. The lowest BCUT2D eigenvalue weighted by Gasteiger charge is -2.15. The fraction of sp³-hybridized carbons (Fsp3) is 0.733. The Morgan fingerprint density at radius 2 is 0.860 bits per heavy atom. The van der Waals surface area contributed by atoms with Crippen molar-refractivity contribution in [1.29, 1.82) is 0 Å². The molecule has 1 N–H and O–H groups in total. The molecule has 0 rings (SSSR count). The van der Waals surface area contributed by atoms with E-state index in [0.29, 0.717) is 12.8 Å². The number of ether oxygens (including phenoxy) is 2. The van der Waals surface area contributed by atoms with Gasteiger partial charge in [0.05, 0.1) is 6.61 Å². The minimum Gasteiger partial charge on any atom is -0.462 e. The Labute approximate surface area is 309 Å². The number of rotatable bonds is 37. The summed E-state index contributed by atoms with van der Waals surface area (Å²) in [6, 6.07) is 0. The molecule has 0 aliphatic carbocycles. The van der Waals surface area contributed by atoms with E-state index in [1.807, 2.05) is 0 Å². The lowest BCUT2D eigenvalue weighted by atomic mass is 10.0. The van der Waals surface area contributed by atoms with Crippen LogP contribution in [0.1, 0.15) is 194 Å². The van der Waals surface area contributed by atoms with Crippen molar-refractivity contribution in [1.82, 2.24) is 0 Å². The predicted molar refractivity (Wildman–Crippen MR) is 214 cm³/mol. The number of carbonyl (C=O) groups excluding carboxylic acids is 2. The first-order valence-electron chi connectivity index (χ1n) is 20.8. The highest BCUT2D eigenvalue weighted by molar-refractivity contribution is 5.70. The van der Waals surface area contributed by atoms with Crippen LogP contribution >= 0.6 is 0 Å². The van der Waals surface area contributed by atoms with Crippen molar-refractivity contribution in [3.63, 3.8) is 0 Å². The topological polar surface area (TPSA) is 72.8 Å². The maximum absolute atomic E-state index is 12.2. The van der Waals surface area contributed by atoms with E-state index in [2.05, 4.69) is 74.6 Å².